The highest BCUT2D eigenvalue weighted by Crippen LogP contribution is 2.51. The van der Waals surface area contributed by atoms with Crippen LogP contribution in [0, 0.1) is 5.92 Å². The van der Waals surface area contributed by atoms with Crippen LogP contribution in [-0.4, -0.2) is 48.8 Å². The Bertz CT molecular complexity index is 755. The first-order chi connectivity index (χ1) is 14.2. The number of carboxylic acids is 1. The minimum absolute atomic E-state index is 0.0604. The van der Waals surface area contributed by atoms with E-state index in [0.717, 1.165) is 0 Å². The molecule has 0 saturated heterocycles. The highest BCUT2D eigenvalue weighted by molar-refractivity contribution is 7.53. The largest absolute Gasteiger partial charge is 0.480 e. The van der Waals surface area contributed by atoms with Gasteiger partial charge in [-0.3, -0.25) is 14.2 Å². The maximum absolute atomic E-state index is 12.6. The number of carbonyl (C=O) groups is 3. The van der Waals surface area contributed by atoms with Crippen LogP contribution >= 0.6 is 7.60 Å². The molecule has 0 saturated carbocycles. The zero-order valence-electron chi connectivity index (χ0n) is 17.8. The average Bonchev–Trinajstić information content (AvgIpc) is 2.66. The molecular formula is C20H30NO8P. The van der Waals surface area contributed by atoms with E-state index in [-0.39, 0.29) is 38.0 Å². The van der Waals surface area contributed by atoms with Crippen molar-refractivity contribution in [2.75, 3.05) is 19.8 Å². The second-order valence-electron chi connectivity index (χ2n) is 6.58. The van der Waals surface area contributed by atoms with Crippen LogP contribution in [-0.2, 0) is 34.1 Å². The van der Waals surface area contributed by atoms with Crippen LogP contribution in [0.5, 0.6) is 0 Å². The minimum atomic E-state index is -3.27. The standard InChI is InChI=1S/C20H30NO8P/c1-5-27-17(22)12-14(4)18(20(24)25)21-19(23)16-10-8-15(9-11-16)13-30(26,28-6-2)29-7-3/h8-11,14,18H,5-7,12-13H2,1-4H3,(H,21,23)(H,24,25)/t14-,18+/m1/s1. The van der Waals surface area contributed by atoms with Crippen LogP contribution in [0.15, 0.2) is 24.3 Å². The molecule has 1 amide bonds. The van der Waals surface area contributed by atoms with E-state index in [0.29, 0.717) is 5.56 Å². The lowest BCUT2D eigenvalue weighted by Gasteiger charge is -2.21. The van der Waals surface area contributed by atoms with Gasteiger partial charge in [0.1, 0.15) is 6.04 Å². The van der Waals surface area contributed by atoms with Crippen molar-refractivity contribution in [1.82, 2.24) is 5.32 Å². The summed E-state index contributed by atoms with van der Waals surface area (Å²) in [5.41, 5.74) is 0.887. The molecule has 0 unspecified atom stereocenters. The molecular weight excluding hydrogens is 413 g/mol. The molecule has 0 spiro atoms. The Morgan fingerprint density at radius 3 is 2.07 bits per heavy atom. The molecule has 0 aliphatic carbocycles. The number of nitrogens with one attached hydrogen (secondary N) is 1. The third-order valence-corrected chi connectivity index (χ3v) is 6.22. The fraction of sp³-hybridized carbons (Fsp3) is 0.550. The van der Waals surface area contributed by atoms with E-state index in [1.165, 1.54) is 12.1 Å². The van der Waals surface area contributed by atoms with Gasteiger partial charge in [-0.2, -0.15) is 0 Å². The van der Waals surface area contributed by atoms with Gasteiger partial charge in [0.15, 0.2) is 0 Å². The van der Waals surface area contributed by atoms with Gasteiger partial charge in [-0.05, 0) is 44.4 Å². The molecule has 0 aliphatic heterocycles. The summed E-state index contributed by atoms with van der Waals surface area (Å²) in [4.78, 5) is 35.6. The smallest absolute Gasteiger partial charge is 0.335 e. The number of esters is 1. The maximum atomic E-state index is 12.6. The van der Waals surface area contributed by atoms with E-state index < -0.39 is 37.4 Å². The third kappa shape index (κ3) is 8.26. The predicted octanol–water partition coefficient (Wildman–Crippen LogP) is 3.23. The highest BCUT2D eigenvalue weighted by Gasteiger charge is 2.29. The Morgan fingerprint density at radius 2 is 1.60 bits per heavy atom. The Morgan fingerprint density at radius 1 is 1.03 bits per heavy atom. The Balaban J connectivity index is 2.83. The van der Waals surface area contributed by atoms with Crippen LogP contribution in [0.25, 0.3) is 0 Å². The highest BCUT2D eigenvalue weighted by atomic mass is 31.2. The molecule has 10 heteroatoms. The van der Waals surface area contributed by atoms with Crippen LogP contribution in [0.2, 0.25) is 0 Å². The Labute approximate surface area is 176 Å². The first kappa shape index (κ1) is 25.8. The van der Waals surface area contributed by atoms with E-state index in [1.54, 1.807) is 39.8 Å². The van der Waals surface area contributed by atoms with E-state index in [1.807, 2.05) is 0 Å². The average molecular weight is 443 g/mol. The monoisotopic (exact) mass is 443 g/mol. The van der Waals surface area contributed by atoms with Crippen molar-refractivity contribution in [2.45, 2.75) is 46.3 Å². The molecule has 9 nitrogen and oxygen atoms in total. The number of hydrogen-bond acceptors (Lipinski definition) is 7. The van der Waals surface area contributed by atoms with Crippen molar-refractivity contribution in [3.8, 4) is 0 Å². The lowest BCUT2D eigenvalue weighted by molar-refractivity contribution is -0.145. The molecule has 168 valence electrons. The number of rotatable bonds is 13. The van der Waals surface area contributed by atoms with Gasteiger partial charge in [-0.15, -0.1) is 0 Å². The van der Waals surface area contributed by atoms with Crippen molar-refractivity contribution in [3.05, 3.63) is 35.4 Å². The summed E-state index contributed by atoms with van der Waals surface area (Å²) >= 11 is 0. The molecule has 0 radical (unpaired) electrons. The van der Waals surface area contributed by atoms with Crippen LogP contribution in [0.3, 0.4) is 0 Å². The Kier molecular flexibility index (Phi) is 10.7. The second-order valence-corrected chi connectivity index (χ2v) is 8.63. The number of benzene rings is 1. The summed E-state index contributed by atoms with van der Waals surface area (Å²) in [6.45, 7) is 7.35. The quantitative estimate of drug-likeness (QED) is 0.351. The molecule has 1 aromatic rings. The number of amides is 1. The van der Waals surface area contributed by atoms with E-state index in [9.17, 15) is 24.1 Å². The summed E-state index contributed by atoms with van der Waals surface area (Å²) < 4.78 is 28.0. The van der Waals surface area contributed by atoms with Crippen molar-refractivity contribution in [3.63, 3.8) is 0 Å². The normalized spacial score (nSPS) is 13.3. The molecule has 0 bridgehead atoms. The van der Waals surface area contributed by atoms with Crippen molar-refractivity contribution >= 4 is 25.4 Å². The molecule has 30 heavy (non-hydrogen) atoms. The lowest BCUT2D eigenvalue weighted by Crippen LogP contribution is -2.45. The van der Waals surface area contributed by atoms with E-state index in [4.69, 9.17) is 13.8 Å². The summed E-state index contributed by atoms with van der Waals surface area (Å²) in [6.07, 6.45) is -0.0704. The number of hydrogen-bond donors (Lipinski definition) is 2. The number of carboxylic acid groups (broad SMARTS) is 1. The molecule has 1 rings (SSSR count). The van der Waals surface area contributed by atoms with Gasteiger partial charge in [0.25, 0.3) is 5.91 Å². The molecule has 0 aliphatic rings. The summed E-state index contributed by atoms with van der Waals surface area (Å²) in [6, 6.07) is 4.97. The van der Waals surface area contributed by atoms with Gasteiger partial charge < -0.3 is 24.2 Å². The van der Waals surface area contributed by atoms with Gasteiger partial charge in [0, 0.05) is 5.56 Å². The minimum Gasteiger partial charge on any atom is -0.480 e. The first-order valence-corrected chi connectivity index (χ1v) is 11.5. The fourth-order valence-corrected chi connectivity index (χ4v) is 4.48. The zero-order valence-corrected chi connectivity index (χ0v) is 18.6. The van der Waals surface area contributed by atoms with Crippen LogP contribution in [0.4, 0.5) is 0 Å². The van der Waals surface area contributed by atoms with Gasteiger partial charge in [-0.25, -0.2) is 4.79 Å². The first-order valence-electron chi connectivity index (χ1n) is 9.82. The third-order valence-electron chi connectivity index (χ3n) is 4.16. The summed E-state index contributed by atoms with van der Waals surface area (Å²) in [7, 11) is -3.27. The van der Waals surface area contributed by atoms with Gasteiger partial charge in [0.2, 0.25) is 0 Å². The maximum Gasteiger partial charge on any atom is 0.335 e. The molecule has 2 atom stereocenters. The van der Waals surface area contributed by atoms with Gasteiger partial charge >= 0.3 is 19.5 Å². The van der Waals surface area contributed by atoms with Gasteiger partial charge in [0.05, 0.1) is 32.4 Å². The molecule has 0 fully saturated rings. The number of aliphatic carboxylic acids is 1. The van der Waals surface area contributed by atoms with Crippen LogP contribution < -0.4 is 5.32 Å². The lowest BCUT2D eigenvalue weighted by atomic mass is 9.98. The molecule has 0 heterocycles. The molecule has 1 aromatic carbocycles. The van der Waals surface area contributed by atoms with Crippen LogP contribution in [0.1, 0.15) is 50.0 Å². The predicted molar refractivity (Wildman–Crippen MR) is 110 cm³/mol. The molecule has 0 aromatic heterocycles. The van der Waals surface area contributed by atoms with E-state index in [2.05, 4.69) is 5.32 Å². The van der Waals surface area contributed by atoms with Crippen molar-refractivity contribution < 1.29 is 37.8 Å². The summed E-state index contributed by atoms with van der Waals surface area (Å²) in [5.74, 6) is -3.02. The fourth-order valence-electron chi connectivity index (χ4n) is 2.78. The molecule has 2 N–H and O–H groups in total. The second kappa shape index (κ2) is 12.5. The van der Waals surface area contributed by atoms with Crippen molar-refractivity contribution in [2.24, 2.45) is 5.92 Å². The number of carbonyl (C=O) groups excluding carboxylic acids is 2. The SMILES string of the molecule is CCOC(=O)C[C@@H](C)[C@H](NC(=O)c1ccc(CP(=O)(OCC)OCC)cc1)C(=O)O. The Hall–Kier alpha value is -2.22. The van der Waals surface area contributed by atoms with Crippen molar-refractivity contribution in [1.29, 1.82) is 0 Å². The topological polar surface area (TPSA) is 128 Å². The van der Waals surface area contributed by atoms with E-state index >= 15 is 0 Å². The van der Waals surface area contributed by atoms with Gasteiger partial charge in [-0.1, -0.05) is 19.1 Å². The number of ether oxygens (including phenoxy) is 1. The zero-order chi connectivity index (χ0) is 22.7. The summed E-state index contributed by atoms with van der Waals surface area (Å²) in [5, 5.41) is 11.9.